The van der Waals surface area contributed by atoms with Gasteiger partial charge in [-0.2, -0.15) is 0 Å². The van der Waals surface area contributed by atoms with E-state index in [2.05, 4.69) is 5.32 Å². The monoisotopic (exact) mass is 387 g/mol. The van der Waals surface area contributed by atoms with E-state index in [1.807, 2.05) is 6.92 Å². The highest BCUT2D eigenvalue weighted by Gasteiger charge is 2.39. The van der Waals surface area contributed by atoms with Crippen LogP contribution < -0.4 is 10.1 Å². The molecule has 0 aliphatic carbocycles. The second-order valence-electron chi connectivity index (χ2n) is 5.71. The minimum absolute atomic E-state index is 0.0396. The lowest BCUT2D eigenvalue weighted by Gasteiger charge is -2.15. The van der Waals surface area contributed by atoms with Crippen LogP contribution in [0.4, 0.5) is 16.2 Å². The number of rotatable bonds is 7. The van der Waals surface area contributed by atoms with Crippen molar-refractivity contribution < 1.29 is 19.2 Å². The standard InChI is InChI=1S/C18H17N3O5S/c1-2-26-15-9-5-13(6-10-15)19-16-17(22)20(18(23)27-16)11-12-3-7-14(8-4-12)21(24)25/h3-10,16,19H,2,11H2,1H3. The van der Waals surface area contributed by atoms with Crippen LogP contribution in [-0.4, -0.2) is 33.0 Å². The van der Waals surface area contributed by atoms with E-state index in [9.17, 15) is 19.7 Å². The fraction of sp³-hybridized carbons (Fsp3) is 0.222. The number of thioether (sulfide) groups is 1. The SMILES string of the molecule is CCOc1ccc(NC2SC(=O)N(Cc3ccc([N+](=O)[O-])cc3)C2=O)cc1. The zero-order valence-electron chi connectivity index (χ0n) is 14.5. The number of carbonyl (C=O) groups excluding carboxylic acids is 2. The summed E-state index contributed by atoms with van der Waals surface area (Å²) in [4.78, 5) is 36.1. The van der Waals surface area contributed by atoms with Crippen LogP contribution >= 0.6 is 11.8 Å². The minimum atomic E-state index is -0.714. The van der Waals surface area contributed by atoms with Gasteiger partial charge in [0.1, 0.15) is 5.75 Å². The van der Waals surface area contributed by atoms with Gasteiger partial charge in [0, 0.05) is 17.8 Å². The van der Waals surface area contributed by atoms with E-state index in [1.165, 1.54) is 24.3 Å². The predicted molar refractivity (Wildman–Crippen MR) is 102 cm³/mol. The van der Waals surface area contributed by atoms with Crippen molar-refractivity contribution in [2.45, 2.75) is 18.8 Å². The molecule has 27 heavy (non-hydrogen) atoms. The maximum atomic E-state index is 12.6. The summed E-state index contributed by atoms with van der Waals surface area (Å²) >= 11 is 0.905. The minimum Gasteiger partial charge on any atom is -0.494 e. The zero-order valence-corrected chi connectivity index (χ0v) is 15.3. The molecule has 1 unspecified atom stereocenters. The van der Waals surface area contributed by atoms with Crippen LogP contribution in [0, 0.1) is 10.1 Å². The summed E-state index contributed by atoms with van der Waals surface area (Å²) in [5.74, 6) is 0.376. The summed E-state index contributed by atoms with van der Waals surface area (Å²) in [6, 6.07) is 12.9. The maximum absolute atomic E-state index is 12.6. The lowest BCUT2D eigenvalue weighted by molar-refractivity contribution is -0.384. The molecule has 8 nitrogen and oxygen atoms in total. The molecule has 1 aliphatic heterocycles. The second kappa shape index (κ2) is 8.09. The molecule has 1 N–H and O–H groups in total. The molecule has 140 valence electrons. The number of carbonyl (C=O) groups is 2. The number of hydrogen-bond donors (Lipinski definition) is 1. The van der Waals surface area contributed by atoms with Gasteiger partial charge >= 0.3 is 0 Å². The number of nitro benzene ring substituents is 1. The number of hydrogen-bond acceptors (Lipinski definition) is 7. The summed E-state index contributed by atoms with van der Waals surface area (Å²) in [5.41, 5.74) is 1.31. The van der Waals surface area contributed by atoms with E-state index in [-0.39, 0.29) is 23.4 Å². The molecule has 1 fully saturated rings. The van der Waals surface area contributed by atoms with Gasteiger partial charge in [0.15, 0.2) is 5.37 Å². The number of anilines is 1. The van der Waals surface area contributed by atoms with E-state index < -0.39 is 10.3 Å². The number of nitrogens with zero attached hydrogens (tertiary/aromatic N) is 2. The van der Waals surface area contributed by atoms with Gasteiger partial charge < -0.3 is 10.1 Å². The van der Waals surface area contributed by atoms with Crippen molar-refractivity contribution in [2.75, 3.05) is 11.9 Å². The van der Waals surface area contributed by atoms with Crippen molar-refractivity contribution in [1.82, 2.24) is 4.90 Å². The average Bonchev–Trinajstić information content (AvgIpc) is 2.91. The first-order valence-corrected chi connectivity index (χ1v) is 9.10. The van der Waals surface area contributed by atoms with Gasteiger partial charge in [0.05, 0.1) is 18.1 Å². The van der Waals surface area contributed by atoms with E-state index in [4.69, 9.17) is 4.74 Å². The third-order valence-electron chi connectivity index (χ3n) is 3.88. The smallest absolute Gasteiger partial charge is 0.291 e. The van der Waals surface area contributed by atoms with Gasteiger partial charge in [-0.1, -0.05) is 12.1 Å². The largest absolute Gasteiger partial charge is 0.494 e. The molecule has 1 heterocycles. The Balaban J connectivity index is 1.64. The zero-order chi connectivity index (χ0) is 19.4. The third-order valence-corrected chi connectivity index (χ3v) is 4.86. The van der Waals surface area contributed by atoms with E-state index in [1.54, 1.807) is 24.3 Å². The molecule has 2 aromatic carbocycles. The molecule has 2 amide bonds. The van der Waals surface area contributed by atoms with Crippen molar-refractivity contribution in [1.29, 1.82) is 0 Å². The molecule has 2 aromatic rings. The summed E-state index contributed by atoms with van der Waals surface area (Å²) < 4.78 is 5.37. The van der Waals surface area contributed by atoms with Gasteiger partial charge in [0.2, 0.25) is 0 Å². The Morgan fingerprint density at radius 3 is 2.41 bits per heavy atom. The molecule has 0 spiro atoms. The lowest BCUT2D eigenvalue weighted by Crippen LogP contribution is -2.33. The first kappa shape index (κ1) is 18.7. The van der Waals surface area contributed by atoms with Crippen LogP contribution in [0.2, 0.25) is 0 Å². The highest BCUT2D eigenvalue weighted by Crippen LogP contribution is 2.30. The quantitative estimate of drug-likeness (QED) is 0.572. The van der Waals surface area contributed by atoms with Crippen molar-refractivity contribution in [3.8, 4) is 5.75 Å². The number of non-ortho nitro benzene ring substituents is 1. The average molecular weight is 387 g/mol. The van der Waals surface area contributed by atoms with Crippen molar-refractivity contribution in [3.63, 3.8) is 0 Å². The van der Waals surface area contributed by atoms with Gasteiger partial charge in [-0.05, 0) is 48.5 Å². The molecule has 1 atom stereocenters. The first-order valence-electron chi connectivity index (χ1n) is 8.22. The van der Waals surface area contributed by atoms with Gasteiger partial charge in [-0.25, -0.2) is 0 Å². The highest BCUT2D eigenvalue weighted by molar-refractivity contribution is 8.15. The predicted octanol–water partition coefficient (Wildman–Crippen LogP) is 3.63. The molecular formula is C18H17N3O5S. The molecule has 1 aliphatic rings. The van der Waals surface area contributed by atoms with Crippen LogP contribution in [-0.2, 0) is 11.3 Å². The topological polar surface area (TPSA) is 102 Å². The van der Waals surface area contributed by atoms with E-state index in [0.29, 0.717) is 17.9 Å². The number of nitrogens with one attached hydrogen (secondary N) is 1. The molecular weight excluding hydrogens is 370 g/mol. The fourth-order valence-corrected chi connectivity index (χ4v) is 3.46. The first-order chi connectivity index (χ1) is 13.0. The summed E-state index contributed by atoms with van der Waals surface area (Å²) in [6.07, 6.45) is 0. The molecule has 3 rings (SSSR count). The third kappa shape index (κ3) is 4.37. The van der Waals surface area contributed by atoms with E-state index in [0.717, 1.165) is 22.4 Å². The number of nitro groups is 1. The molecule has 9 heteroatoms. The summed E-state index contributed by atoms with van der Waals surface area (Å²) in [5, 5.41) is 12.7. The molecule has 0 aromatic heterocycles. The number of amides is 2. The van der Waals surface area contributed by atoms with Gasteiger partial charge in [-0.15, -0.1) is 0 Å². The van der Waals surface area contributed by atoms with Crippen LogP contribution in [0.1, 0.15) is 12.5 Å². The fourth-order valence-electron chi connectivity index (χ4n) is 2.55. The van der Waals surface area contributed by atoms with Gasteiger partial charge in [-0.3, -0.25) is 24.6 Å². The van der Waals surface area contributed by atoms with Crippen molar-refractivity contribution in [3.05, 3.63) is 64.2 Å². The van der Waals surface area contributed by atoms with Gasteiger partial charge in [0.25, 0.3) is 16.8 Å². The van der Waals surface area contributed by atoms with Crippen LogP contribution in [0.15, 0.2) is 48.5 Å². The molecule has 0 bridgehead atoms. The maximum Gasteiger partial charge on any atom is 0.291 e. The van der Waals surface area contributed by atoms with Crippen LogP contribution in [0.25, 0.3) is 0 Å². The second-order valence-corrected chi connectivity index (χ2v) is 6.77. The number of imide groups is 1. The Morgan fingerprint density at radius 2 is 1.81 bits per heavy atom. The molecule has 1 saturated heterocycles. The Kier molecular flexibility index (Phi) is 5.60. The summed E-state index contributed by atoms with van der Waals surface area (Å²) in [7, 11) is 0. The Bertz CT molecular complexity index is 854. The van der Waals surface area contributed by atoms with Crippen LogP contribution in [0.5, 0.6) is 5.75 Å². The lowest BCUT2D eigenvalue weighted by atomic mass is 10.2. The van der Waals surface area contributed by atoms with E-state index >= 15 is 0 Å². The summed E-state index contributed by atoms with van der Waals surface area (Å²) in [6.45, 7) is 2.53. The molecule has 0 saturated carbocycles. The number of benzene rings is 2. The van der Waals surface area contributed by atoms with Crippen molar-refractivity contribution in [2.24, 2.45) is 0 Å². The Labute approximate surface area is 159 Å². The van der Waals surface area contributed by atoms with Crippen molar-refractivity contribution >= 4 is 34.3 Å². The normalized spacial score (nSPS) is 16.5. The molecule has 0 radical (unpaired) electrons. The number of ether oxygens (including phenoxy) is 1. The Morgan fingerprint density at radius 1 is 1.15 bits per heavy atom. The Hall–Kier alpha value is -3.07. The highest BCUT2D eigenvalue weighted by atomic mass is 32.2. The van der Waals surface area contributed by atoms with Crippen LogP contribution in [0.3, 0.4) is 0 Å².